The summed E-state index contributed by atoms with van der Waals surface area (Å²) in [5.74, 6) is 0.894. The van der Waals surface area contributed by atoms with Crippen molar-refractivity contribution in [3.8, 4) is 5.75 Å². The van der Waals surface area contributed by atoms with Crippen LogP contribution in [0.3, 0.4) is 0 Å². The molecule has 0 radical (unpaired) electrons. The summed E-state index contributed by atoms with van der Waals surface area (Å²) in [4.78, 5) is 1.36. The lowest BCUT2D eigenvalue weighted by Crippen LogP contribution is -2.16. The Morgan fingerprint density at radius 1 is 1.11 bits per heavy atom. The zero-order valence-corrected chi connectivity index (χ0v) is 12.5. The molecule has 0 saturated heterocycles. The third kappa shape index (κ3) is 2.39. The first-order valence-corrected chi connectivity index (χ1v) is 7.79. The van der Waals surface area contributed by atoms with Gasteiger partial charge in [-0.3, -0.25) is 0 Å². The Morgan fingerprint density at radius 3 is 2.53 bits per heavy atom. The molecule has 2 aromatic heterocycles. The minimum Gasteiger partial charge on any atom is -0.497 e. The van der Waals surface area contributed by atoms with Gasteiger partial charge in [0.05, 0.1) is 13.2 Å². The van der Waals surface area contributed by atoms with E-state index in [2.05, 4.69) is 35.0 Å². The first-order chi connectivity index (χ1) is 9.31. The van der Waals surface area contributed by atoms with Gasteiger partial charge in [0.1, 0.15) is 5.75 Å². The summed E-state index contributed by atoms with van der Waals surface area (Å²) in [5, 5.41) is 5.54. The topological polar surface area (TPSA) is 21.3 Å². The van der Waals surface area contributed by atoms with Gasteiger partial charge in [-0.2, -0.15) is 0 Å². The summed E-state index contributed by atoms with van der Waals surface area (Å²) >= 11 is 3.66. The minimum absolute atomic E-state index is 0.246. The Kier molecular flexibility index (Phi) is 3.55. The molecule has 3 rings (SSSR count). The fraction of sp³-hybridized carbons (Fsp3) is 0.200. The first-order valence-electron chi connectivity index (χ1n) is 6.10. The molecule has 0 aliphatic heterocycles. The Bertz CT molecular complexity index is 640. The molecule has 0 fully saturated rings. The van der Waals surface area contributed by atoms with Crippen molar-refractivity contribution in [1.29, 1.82) is 0 Å². The Balaban J connectivity index is 1.96. The van der Waals surface area contributed by atoms with Gasteiger partial charge in [0.15, 0.2) is 0 Å². The zero-order chi connectivity index (χ0) is 13.2. The Hall–Kier alpha value is -1.36. The highest BCUT2D eigenvalue weighted by molar-refractivity contribution is 7.27. The summed E-state index contributed by atoms with van der Waals surface area (Å²) in [7, 11) is 3.70. The molecule has 1 atom stereocenters. The molecular formula is C15H15NOS2. The SMILES string of the molecule is CNC(c1ccc(OC)cc1)c1cc2sccc2s1. The van der Waals surface area contributed by atoms with Gasteiger partial charge < -0.3 is 10.1 Å². The van der Waals surface area contributed by atoms with Crippen LogP contribution in [0.2, 0.25) is 0 Å². The summed E-state index contributed by atoms with van der Waals surface area (Å²) in [6, 6.07) is 13.0. The second-order valence-corrected chi connectivity index (χ2v) is 6.36. The van der Waals surface area contributed by atoms with Crippen molar-refractivity contribution >= 4 is 32.1 Å². The average molecular weight is 289 g/mol. The van der Waals surface area contributed by atoms with E-state index in [1.807, 2.05) is 30.5 Å². The predicted molar refractivity (Wildman–Crippen MR) is 83.6 cm³/mol. The molecule has 0 amide bonds. The molecule has 0 aliphatic rings. The van der Waals surface area contributed by atoms with Crippen molar-refractivity contribution < 1.29 is 4.74 Å². The Labute approximate surface area is 120 Å². The van der Waals surface area contributed by atoms with Crippen molar-refractivity contribution in [2.24, 2.45) is 0 Å². The molecule has 3 aromatic rings. The first kappa shape index (κ1) is 12.7. The minimum atomic E-state index is 0.246. The summed E-state index contributed by atoms with van der Waals surface area (Å²) in [5.41, 5.74) is 1.26. The van der Waals surface area contributed by atoms with E-state index >= 15 is 0 Å². The number of hydrogen-bond acceptors (Lipinski definition) is 4. The molecule has 0 saturated carbocycles. The molecule has 2 nitrogen and oxygen atoms in total. The molecule has 0 aliphatic carbocycles. The molecule has 0 bridgehead atoms. The van der Waals surface area contributed by atoms with Crippen LogP contribution in [0, 0.1) is 0 Å². The number of methoxy groups -OCH3 is 1. The number of rotatable bonds is 4. The van der Waals surface area contributed by atoms with E-state index in [0.717, 1.165) is 5.75 Å². The van der Waals surface area contributed by atoms with Gasteiger partial charge in [-0.25, -0.2) is 0 Å². The van der Waals surface area contributed by atoms with Crippen LogP contribution in [0.1, 0.15) is 16.5 Å². The lowest BCUT2D eigenvalue weighted by molar-refractivity contribution is 0.414. The van der Waals surface area contributed by atoms with Crippen molar-refractivity contribution in [1.82, 2.24) is 5.32 Å². The number of hydrogen-bond donors (Lipinski definition) is 1. The van der Waals surface area contributed by atoms with Crippen molar-refractivity contribution in [2.45, 2.75) is 6.04 Å². The van der Waals surface area contributed by atoms with Crippen LogP contribution in [-0.4, -0.2) is 14.2 Å². The van der Waals surface area contributed by atoms with Crippen molar-refractivity contribution in [2.75, 3.05) is 14.2 Å². The van der Waals surface area contributed by atoms with Gasteiger partial charge in [0.25, 0.3) is 0 Å². The number of fused-ring (bicyclic) bond motifs is 1. The fourth-order valence-electron chi connectivity index (χ4n) is 2.20. The van der Waals surface area contributed by atoms with E-state index in [1.54, 1.807) is 18.4 Å². The van der Waals surface area contributed by atoms with E-state index in [9.17, 15) is 0 Å². The normalized spacial score (nSPS) is 12.7. The smallest absolute Gasteiger partial charge is 0.118 e. The highest BCUT2D eigenvalue weighted by Crippen LogP contribution is 2.35. The summed E-state index contributed by atoms with van der Waals surface area (Å²) < 4.78 is 7.95. The standard InChI is InChI=1S/C15H15NOS2/c1-16-15(10-3-5-11(17-2)6-4-10)14-9-13-12(19-14)7-8-18-13/h3-9,15-16H,1-2H3. The third-order valence-electron chi connectivity index (χ3n) is 3.18. The molecule has 4 heteroatoms. The average Bonchev–Trinajstić information content (AvgIpc) is 3.02. The van der Waals surface area contributed by atoms with Crippen LogP contribution in [0.5, 0.6) is 5.75 Å². The molecule has 0 spiro atoms. The van der Waals surface area contributed by atoms with E-state index in [1.165, 1.54) is 19.8 Å². The Morgan fingerprint density at radius 2 is 1.89 bits per heavy atom. The highest BCUT2D eigenvalue weighted by atomic mass is 32.1. The monoisotopic (exact) mass is 289 g/mol. The third-order valence-corrected chi connectivity index (χ3v) is 5.34. The van der Waals surface area contributed by atoms with Gasteiger partial charge in [0, 0.05) is 14.3 Å². The highest BCUT2D eigenvalue weighted by Gasteiger charge is 2.15. The number of thiophene rings is 2. The quantitative estimate of drug-likeness (QED) is 0.774. The lowest BCUT2D eigenvalue weighted by atomic mass is 10.1. The van der Waals surface area contributed by atoms with Crippen LogP contribution >= 0.6 is 22.7 Å². The van der Waals surface area contributed by atoms with Gasteiger partial charge in [-0.05, 0) is 42.3 Å². The zero-order valence-electron chi connectivity index (χ0n) is 10.8. The number of benzene rings is 1. The van der Waals surface area contributed by atoms with Crippen molar-refractivity contribution in [3.05, 3.63) is 52.2 Å². The summed E-state index contributed by atoms with van der Waals surface area (Å²) in [6.07, 6.45) is 0. The number of nitrogens with one attached hydrogen (secondary N) is 1. The van der Waals surface area contributed by atoms with Crippen molar-refractivity contribution in [3.63, 3.8) is 0 Å². The van der Waals surface area contributed by atoms with E-state index in [4.69, 9.17) is 4.74 Å². The van der Waals surface area contributed by atoms with Crippen LogP contribution in [-0.2, 0) is 0 Å². The van der Waals surface area contributed by atoms with E-state index in [0.29, 0.717) is 0 Å². The fourth-order valence-corrected chi connectivity index (χ4v) is 4.45. The number of ether oxygens (including phenoxy) is 1. The lowest BCUT2D eigenvalue weighted by Gasteiger charge is -2.15. The molecule has 1 aromatic carbocycles. The van der Waals surface area contributed by atoms with Gasteiger partial charge in [-0.1, -0.05) is 12.1 Å². The molecule has 2 heterocycles. The largest absolute Gasteiger partial charge is 0.497 e. The maximum atomic E-state index is 5.21. The van der Waals surface area contributed by atoms with Gasteiger partial charge in [-0.15, -0.1) is 22.7 Å². The van der Waals surface area contributed by atoms with E-state index in [-0.39, 0.29) is 6.04 Å². The molecule has 19 heavy (non-hydrogen) atoms. The summed E-state index contributed by atoms with van der Waals surface area (Å²) in [6.45, 7) is 0. The maximum absolute atomic E-state index is 5.21. The van der Waals surface area contributed by atoms with Crippen LogP contribution < -0.4 is 10.1 Å². The molecule has 98 valence electrons. The van der Waals surface area contributed by atoms with Gasteiger partial charge in [0.2, 0.25) is 0 Å². The second kappa shape index (κ2) is 5.33. The molecule has 1 N–H and O–H groups in total. The molecular weight excluding hydrogens is 274 g/mol. The van der Waals surface area contributed by atoms with Gasteiger partial charge >= 0.3 is 0 Å². The maximum Gasteiger partial charge on any atom is 0.118 e. The predicted octanol–water partition coefficient (Wildman–Crippen LogP) is 4.28. The van der Waals surface area contributed by atoms with Crippen LogP contribution in [0.4, 0.5) is 0 Å². The van der Waals surface area contributed by atoms with Crippen LogP contribution in [0.25, 0.3) is 9.40 Å². The molecule has 1 unspecified atom stereocenters. The van der Waals surface area contributed by atoms with E-state index < -0.39 is 0 Å². The second-order valence-electron chi connectivity index (χ2n) is 4.29. The van der Waals surface area contributed by atoms with Crippen LogP contribution in [0.15, 0.2) is 41.8 Å².